The third-order valence-corrected chi connectivity index (χ3v) is 6.36. The number of nitrogens with zero attached hydrogens (tertiary/aromatic N) is 1. The minimum absolute atomic E-state index is 0.110. The number of amides is 2. The molecular weight excluding hydrogens is 486 g/mol. The van der Waals surface area contributed by atoms with Crippen LogP contribution in [0.15, 0.2) is 18.2 Å². The third-order valence-electron chi connectivity index (χ3n) is 5.80. The molecule has 3 rings (SSSR count). The first-order valence-corrected chi connectivity index (χ1v) is 11.8. The molecule has 0 saturated carbocycles. The summed E-state index contributed by atoms with van der Waals surface area (Å²) in [5.74, 6) is -2.22. The van der Waals surface area contributed by atoms with Crippen molar-refractivity contribution in [3.05, 3.63) is 33.8 Å². The van der Waals surface area contributed by atoms with Crippen LogP contribution in [0, 0.1) is 5.92 Å². The number of hydrogen-bond acceptors (Lipinski definition) is 8. The molecule has 2 aliphatic rings. The first-order chi connectivity index (χ1) is 16.1. The molecule has 0 aliphatic carbocycles. The van der Waals surface area contributed by atoms with Crippen molar-refractivity contribution in [3.63, 3.8) is 0 Å². The van der Waals surface area contributed by atoms with E-state index in [1.807, 2.05) is 13.8 Å². The number of fused-ring (bicyclic) bond motifs is 2. The highest BCUT2D eigenvalue weighted by molar-refractivity contribution is 6.49. The van der Waals surface area contributed by atoms with Gasteiger partial charge >= 0.3 is 13.1 Å². The number of halogens is 2. The van der Waals surface area contributed by atoms with Crippen molar-refractivity contribution in [2.45, 2.75) is 44.6 Å². The van der Waals surface area contributed by atoms with E-state index in [1.165, 1.54) is 12.1 Å². The second-order valence-corrected chi connectivity index (χ2v) is 9.69. The number of carbonyl (C=O) groups is 3. The van der Waals surface area contributed by atoms with E-state index in [0.717, 1.165) is 0 Å². The van der Waals surface area contributed by atoms with Crippen LogP contribution in [0.2, 0.25) is 10.0 Å². The second-order valence-electron chi connectivity index (χ2n) is 8.85. The average molecular weight is 515 g/mol. The Morgan fingerprint density at radius 2 is 2.06 bits per heavy atom. The van der Waals surface area contributed by atoms with Gasteiger partial charge < -0.3 is 30.4 Å². The minimum atomic E-state index is -1.24. The standard InChI is InChI=1S/C21H29BCl2N4O6/c1-11(2)6-17(22-33-20(31)15-8-25-9-16(28(15)3)21(32)34-22)27-18(29)10-26-19(30)13-7-12(23)4-5-14(13)24/h4-5,7,11,15-17,20,25,31H,6,8-10H2,1-3H3,(H,26,30)(H,27,29)/t15-,16+,17-,20?/m0/s1. The van der Waals surface area contributed by atoms with Gasteiger partial charge in [-0.25, -0.2) is 0 Å². The Bertz CT molecular complexity index is 923. The van der Waals surface area contributed by atoms with Crippen molar-refractivity contribution in [3.8, 4) is 0 Å². The molecule has 2 aliphatic heterocycles. The lowest BCUT2D eigenvalue weighted by Crippen LogP contribution is -2.67. The number of aliphatic hydroxyl groups excluding tert-OH is 1. The Kier molecular flexibility index (Phi) is 9.19. The van der Waals surface area contributed by atoms with Crippen molar-refractivity contribution < 1.29 is 28.8 Å². The predicted octanol–water partition coefficient (Wildman–Crippen LogP) is 0.446. The normalized spacial score (nSPS) is 24.1. The smallest absolute Gasteiger partial charge is 0.507 e. The predicted molar refractivity (Wildman–Crippen MR) is 127 cm³/mol. The highest BCUT2D eigenvalue weighted by Gasteiger charge is 2.47. The van der Waals surface area contributed by atoms with E-state index < -0.39 is 49.2 Å². The third kappa shape index (κ3) is 6.62. The molecule has 10 nitrogen and oxygen atoms in total. The maximum atomic E-state index is 12.8. The molecule has 2 bridgehead atoms. The van der Waals surface area contributed by atoms with Gasteiger partial charge in [-0.2, -0.15) is 0 Å². The molecule has 0 radical (unpaired) electrons. The second kappa shape index (κ2) is 11.7. The number of carbonyl (C=O) groups excluding carboxylic acids is 3. The molecule has 4 N–H and O–H groups in total. The summed E-state index contributed by atoms with van der Waals surface area (Å²) >= 11 is 12.0. The molecule has 2 heterocycles. The van der Waals surface area contributed by atoms with Crippen LogP contribution in [-0.2, 0) is 18.9 Å². The van der Waals surface area contributed by atoms with Crippen LogP contribution in [0.4, 0.5) is 0 Å². The Labute approximate surface area is 208 Å². The Hall–Kier alpha value is -1.89. The lowest BCUT2D eigenvalue weighted by Gasteiger charge is -2.44. The highest BCUT2D eigenvalue weighted by atomic mass is 35.5. The van der Waals surface area contributed by atoms with Gasteiger partial charge in [-0.15, -0.1) is 0 Å². The number of hydrogen-bond donors (Lipinski definition) is 4. The van der Waals surface area contributed by atoms with E-state index in [-0.39, 0.29) is 23.0 Å². The zero-order valence-electron chi connectivity index (χ0n) is 19.2. The topological polar surface area (TPSA) is 129 Å². The van der Waals surface area contributed by atoms with E-state index >= 15 is 0 Å². The zero-order valence-corrected chi connectivity index (χ0v) is 20.7. The van der Waals surface area contributed by atoms with Crippen molar-refractivity contribution in [1.29, 1.82) is 0 Å². The SMILES string of the molecule is CC(C)C[C@H](NC(=O)CNC(=O)c1cc(Cl)ccc1Cl)B1OC(=O)[C@H]2CNC[C@@H](C(O)O1)N2C. The molecule has 0 aromatic heterocycles. The van der Waals surface area contributed by atoms with Gasteiger partial charge in [-0.05, 0) is 37.6 Å². The number of likely N-dealkylation sites (N-methyl/N-ethyl adjacent to an activating group) is 1. The Morgan fingerprint density at radius 1 is 1.32 bits per heavy atom. The van der Waals surface area contributed by atoms with Gasteiger partial charge in [0, 0.05) is 18.1 Å². The first kappa shape index (κ1) is 26.7. The minimum Gasteiger partial charge on any atom is -0.507 e. The molecule has 4 atom stereocenters. The fourth-order valence-corrected chi connectivity index (χ4v) is 4.37. The molecule has 13 heteroatoms. The fraction of sp³-hybridized carbons (Fsp3) is 0.571. The summed E-state index contributed by atoms with van der Waals surface area (Å²) in [6, 6.07) is 3.41. The Balaban J connectivity index is 1.67. The summed E-state index contributed by atoms with van der Waals surface area (Å²) in [7, 11) is 0.538. The van der Waals surface area contributed by atoms with Crippen LogP contribution in [0.5, 0.6) is 0 Å². The largest absolute Gasteiger partial charge is 0.553 e. The Morgan fingerprint density at radius 3 is 2.76 bits per heavy atom. The summed E-state index contributed by atoms with van der Waals surface area (Å²) in [6.45, 7) is 4.35. The summed E-state index contributed by atoms with van der Waals surface area (Å²) in [4.78, 5) is 39.6. The van der Waals surface area contributed by atoms with Gasteiger partial charge in [-0.1, -0.05) is 37.0 Å². The maximum Gasteiger partial charge on any atom is 0.553 e. The molecular formula is C21H29BCl2N4O6. The molecule has 1 unspecified atom stereocenters. The molecule has 2 fully saturated rings. The quantitative estimate of drug-likeness (QED) is 0.386. The van der Waals surface area contributed by atoms with E-state index in [0.29, 0.717) is 24.5 Å². The molecule has 2 saturated heterocycles. The number of aliphatic hydroxyl groups is 1. The van der Waals surface area contributed by atoms with Gasteiger partial charge in [0.25, 0.3) is 5.91 Å². The van der Waals surface area contributed by atoms with Crippen molar-refractivity contribution in [1.82, 2.24) is 20.9 Å². The number of piperazine rings is 1. The van der Waals surface area contributed by atoms with Crippen LogP contribution in [0.25, 0.3) is 0 Å². The van der Waals surface area contributed by atoms with Crippen LogP contribution >= 0.6 is 23.2 Å². The van der Waals surface area contributed by atoms with Gasteiger partial charge in [0.2, 0.25) is 5.91 Å². The van der Waals surface area contributed by atoms with Crippen LogP contribution < -0.4 is 16.0 Å². The summed E-state index contributed by atoms with van der Waals surface area (Å²) in [5, 5.41) is 19.5. The van der Waals surface area contributed by atoms with Gasteiger partial charge in [0.15, 0.2) is 6.29 Å². The molecule has 0 spiro atoms. The first-order valence-electron chi connectivity index (χ1n) is 11.1. The van der Waals surface area contributed by atoms with E-state index in [9.17, 15) is 19.5 Å². The molecule has 1 aromatic rings. The van der Waals surface area contributed by atoms with Crippen molar-refractivity contribution in [2.75, 3.05) is 26.7 Å². The molecule has 1 aromatic carbocycles. The van der Waals surface area contributed by atoms with E-state index in [4.69, 9.17) is 32.5 Å². The van der Waals surface area contributed by atoms with E-state index in [1.54, 1.807) is 18.0 Å². The molecule has 186 valence electrons. The van der Waals surface area contributed by atoms with Crippen molar-refractivity contribution in [2.24, 2.45) is 5.92 Å². The summed E-state index contributed by atoms with van der Waals surface area (Å²) in [5.41, 5.74) is 0.144. The van der Waals surface area contributed by atoms with Crippen LogP contribution in [0.1, 0.15) is 30.6 Å². The number of benzene rings is 1. The summed E-state index contributed by atoms with van der Waals surface area (Å²) < 4.78 is 11.3. The fourth-order valence-electron chi connectivity index (χ4n) is 4.00. The molecule has 2 amide bonds. The van der Waals surface area contributed by atoms with E-state index in [2.05, 4.69) is 16.0 Å². The monoisotopic (exact) mass is 514 g/mol. The number of nitrogens with one attached hydrogen (secondary N) is 3. The highest BCUT2D eigenvalue weighted by Crippen LogP contribution is 2.22. The average Bonchev–Trinajstić information content (AvgIpc) is 2.77. The van der Waals surface area contributed by atoms with Crippen LogP contribution in [-0.4, -0.2) is 85.9 Å². The molecule has 34 heavy (non-hydrogen) atoms. The van der Waals surface area contributed by atoms with Gasteiger partial charge in [0.05, 0.1) is 29.1 Å². The van der Waals surface area contributed by atoms with Gasteiger partial charge in [-0.3, -0.25) is 19.3 Å². The van der Waals surface area contributed by atoms with Crippen LogP contribution in [0.3, 0.4) is 0 Å². The number of rotatable bonds is 7. The maximum absolute atomic E-state index is 12.8. The lowest BCUT2D eigenvalue weighted by atomic mass is 9.73. The lowest BCUT2D eigenvalue weighted by molar-refractivity contribution is -0.162. The van der Waals surface area contributed by atoms with Crippen molar-refractivity contribution >= 4 is 48.1 Å². The summed E-state index contributed by atoms with van der Waals surface area (Å²) in [6.07, 6.45) is -0.830. The van der Waals surface area contributed by atoms with Gasteiger partial charge in [0.1, 0.15) is 6.04 Å². The zero-order chi connectivity index (χ0) is 25.0.